The SMILES string of the molecule is C=C.CCc1cccc(F)c1. The Bertz CT molecular complexity index is 206. The van der Waals surface area contributed by atoms with Gasteiger partial charge in [-0.3, -0.25) is 0 Å². The van der Waals surface area contributed by atoms with Crippen molar-refractivity contribution in [3.05, 3.63) is 48.8 Å². The molecule has 0 saturated heterocycles. The molecule has 0 aromatic heterocycles. The maximum atomic E-state index is 12.4. The Morgan fingerprint density at radius 2 is 2.00 bits per heavy atom. The summed E-state index contributed by atoms with van der Waals surface area (Å²) in [5.74, 6) is -0.144. The van der Waals surface area contributed by atoms with Crippen molar-refractivity contribution in [1.29, 1.82) is 0 Å². The number of rotatable bonds is 1. The Hall–Kier alpha value is -1.11. The molecule has 0 fully saturated rings. The minimum Gasteiger partial charge on any atom is -0.207 e. The second kappa shape index (κ2) is 5.66. The van der Waals surface area contributed by atoms with Gasteiger partial charge in [0.1, 0.15) is 5.82 Å². The molecule has 0 radical (unpaired) electrons. The van der Waals surface area contributed by atoms with Gasteiger partial charge in [-0.05, 0) is 24.1 Å². The van der Waals surface area contributed by atoms with E-state index in [1.807, 2.05) is 13.0 Å². The summed E-state index contributed by atoms with van der Waals surface area (Å²) in [6.07, 6.45) is 0.901. The zero-order valence-corrected chi connectivity index (χ0v) is 6.81. The Labute approximate surface area is 67.4 Å². The van der Waals surface area contributed by atoms with E-state index in [1.54, 1.807) is 12.1 Å². The highest BCUT2D eigenvalue weighted by Gasteiger charge is 1.88. The molecule has 0 aliphatic heterocycles. The highest BCUT2D eigenvalue weighted by Crippen LogP contribution is 2.02. The second-order valence-corrected chi connectivity index (χ2v) is 1.98. The first-order valence-electron chi connectivity index (χ1n) is 3.57. The van der Waals surface area contributed by atoms with Crippen LogP contribution in [-0.2, 0) is 6.42 Å². The third-order valence-electron chi connectivity index (χ3n) is 1.30. The molecule has 0 heterocycles. The van der Waals surface area contributed by atoms with Crippen LogP contribution in [0.5, 0.6) is 0 Å². The fourth-order valence-electron chi connectivity index (χ4n) is 0.757. The maximum Gasteiger partial charge on any atom is 0.123 e. The Morgan fingerprint density at radius 3 is 2.36 bits per heavy atom. The summed E-state index contributed by atoms with van der Waals surface area (Å²) in [4.78, 5) is 0. The van der Waals surface area contributed by atoms with Crippen LogP contribution >= 0.6 is 0 Å². The average molecular weight is 152 g/mol. The molecule has 0 spiro atoms. The van der Waals surface area contributed by atoms with E-state index in [0.29, 0.717) is 0 Å². The summed E-state index contributed by atoms with van der Waals surface area (Å²) in [6, 6.07) is 6.66. The lowest BCUT2D eigenvalue weighted by Gasteiger charge is -1.92. The first-order chi connectivity index (χ1) is 5.33. The molecule has 0 atom stereocenters. The quantitative estimate of drug-likeness (QED) is 0.542. The Balaban J connectivity index is 0.000000461. The van der Waals surface area contributed by atoms with Crippen LogP contribution in [0.1, 0.15) is 12.5 Å². The van der Waals surface area contributed by atoms with Gasteiger partial charge in [-0.2, -0.15) is 0 Å². The highest BCUT2D eigenvalue weighted by molar-refractivity contribution is 5.15. The number of halogens is 1. The molecule has 60 valence electrons. The average Bonchev–Trinajstić information content (AvgIpc) is 2.08. The molecule has 0 aliphatic rings. The van der Waals surface area contributed by atoms with Crippen molar-refractivity contribution >= 4 is 0 Å². The van der Waals surface area contributed by atoms with Gasteiger partial charge in [-0.15, -0.1) is 13.2 Å². The summed E-state index contributed by atoms with van der Waals surface area (Å²) in [5.41, 5.74) is 1.05. The third-order valence-corrected chi connectivity index (χ3v) is 1.30. The van der Waals surface area contributed by atoms with E-state index in [9.17, 15) is 4.39 Å². The highest BCUT2D eigenvalue weighted by atomic mass is 19.1. The Kier molecular flexibility index (Phi) is 5.09. The lowest BCUT2D eigenvalue weighted by Crippen LogP contribution is -1.79. The normalized spacial score (nSPS) is 8.18. The molecule has 0 amide bonds. The lowest BCUT2D eigenvalue weighted by atomic mass is 10.2. The van der Waals surface area contributed by atoms with Crippen molar-refractivity contribution < 1.29 is 4.39 Å². The summed E-state index contributed by atoms with van der Waals surface area (Å²) < 4.78 is 12.4. The molecular formula is C10H13F. The van der Waals surface area contributed by atoms with Gasteiger partial charge < -0.3 is 0 Å². The largest absolute Gasteiger partial charge is 0.207 e. The number of aryl methyl sites for hydroxylation is 1. The summed E-state index contributed by atoms with van der Waals surface area (Å²) in [5, 5.41) is 0. The van der Waals surface area contributed by atoms with E-state index >= 15 is 0 Å². The van der Waals surface area contributed by atoms with Crippen LogP contribution in [0.3, 0.4) is 0 Å². The van der Waals surface area contributed by atoms with Crippen LogP contribution < -0.4 is 0 Å². The summed E-state index contributed by atoms with van der Waals surface area (Å²) in [6.45, 7) is 8.01. The van der Waals surface area contributed by atoms with Gasteiger partial charge >= 0.3 is 0 Å². The zero-order valence-electron chi connectivity index (χ0n) is 6.81. The van der Waals surface area contributed by atoms with E-state index in [2.05, 4.69) is 13.2 Å². The van der Waals surface area contributed by atoms with Gasteiger partial charge in [0, 0.05) is 0 Å². The smallest absolute Gasteiger partial charge is 0.123 e. The lowest BCUT2D eigenvalue weighted by molar-refractivity contribution is 0.625. The first kappa shape index (κ1) is 9.89. The molecule has 1 heteroatoms. The molecule has 1 rings (SSSR count). The van der Waals surface area contributed by atoms with Crippen LogP contribution in [-0.4, -0.2) is 0 Å². The van der Waals surface area contributed by atoms with Crippen LogP contribution in [0, 0.1) is 5.82 Å². The van der Waals surface area contributed by atoms with Gasteiger partial charge in [0.15, 0.2) is 0 Å². The Morgan fingerprint density at radius 1 is 1.36 bits per heavy atom. The summed E-state index contributed by atoms with van der Waals surface area (Å²) >= 11 is 0. The van der Waals surface area contributed by atoms with E-state index in [1.165, 1.54) is 6.07 Å². The van der Waals surface area contributed by atoms with E-state index in [4.69, 9.17) is 0 Å². The first-order valence-corrected chi connectivity index (χ1v) is 3.57. The molecule has 0 nitrogen and oxygen atoms in total. The molecule has 11 heavy (non-hydrogen) atoms. The molecule has 0 unspecified atom stereocenters. The minimum atomic E-state index is -0.144. The predicted octanol–water partition coefficient (Wildman–Crippen LogP) is 3.19. The topological polar surface area (TPSA) is 0 Å². The van der Waals surface area contributed by atoms with E-state index < -0.39 is 0 Å². The van der Waals surface area contributed by atoms with E-state index in [0.717, 1.165) is 12.0 Å². The molecule has 0 aliphatic carbocycles. The van der Waals surface area contributed by atoms with Gasteiger partial charge in [0.05, 0.1) is 0 Å². The molecule has 1 aromatic carbocycles. The van der Waals surface area contributed by atoms with Crippen LogP contribution in [0.4, 0.5) is 4.39 Å². The van der Waals surface area contributed by atoms with Crippen molar-refractivity contribution in [2.24, 2.45) is 0 Å². The molecule has 0 N–H and O–H groups in total. The second-order valence-electron chi connectivity index (χ2n) is 1.98. The molecular weight excluding hydrogens is 139 g/mol. The van der Waals surface area contributed by atoms with Crippen LogP contribution in [0.2, 0.25) is 0 Å². The number of hydrogen-bond donors (Lipinski definition) is 0. The van der Waals surface area contributed by atoms with Gasteiger partial charge in [0.2, 0.25) is 0 Å². The third kappa shape index (κ3) is 3.56. The van der Waals surface area contributed by atoms with Crippen molar-refractivity contribution in [2.75, 3.05) is 0 Å². The summed E-state index contributed by atoms with van der Waals surface area (Å²) in [7, 11) is 0. The van der Waals surface area contributed by atoms with Crippen molar-refractivity contribution in [3.63, 3.8) is 0 Å². The fourth-order valence-corrected chi connectivity index (χ4v) is 0.757. The van der Waals surface area contributed by atoms with Crippen LogP contribution in [0.25, 0.3) is 0 Å². The molecule has 0 bridgehead atoms. The standard InChI is InChI=1S/C8H9F.C2H4/c1-2-7-4-3-5-8(9)6-7;1-2/h3-6H,2H2,1H3;1-2H2. The number of hydrogen-bond acceptors (Lipinski definition) is 0. The monoisotopic (exact) mass is 152 g/mol. The van der Waals surface area contributed by atoms with Crippen molar-refractivity contribution in [3.8, 4) is 0 Å². The minimum absolute atomic E-state index is 0.144. The molecule has 1 aromatic rings. The number of benzene rings is 1. The van der Waals surface area contributed by atoms with Gasteiger partial charge in [0.25, 0.3) is 0 Å². The van der Waals surface area contributed by atoms with Crippen molar-refractivity contribution in [1.82, 2.24) is 0 Å². The van der Waals surface area contributed by atoms with Crippen LogP contribution in [0.15, 0.2) is 37.4 Å². The van der Waals surface area contributed by atoms with Crippen molar-refractivity contribution in [2.45, 2.75) is 13.3 Å². The maximum absolute atomic E-state index is 12.4. The molecule has 0 saturated carbocycles. The van der Waals surface area contributed by atoms with Gasteiger partial charge in [-0.25, -0.2) is 4.39 Å². The predicted molar refractivity (Wildman–Crippen MR) is 47.0 cm³/mol. The zero-order chi connectivity index (χ0) is 8.69. The fraction of sp³-hybridized carbons (Fsp3) is 0.200. The van der Waals surface area contributed by atoms with E-state index in [-0.39, 0.29) is 5.82 Å². The van der Waals surface area contributed by atoms with Gasteiger partial charge in [-0.1, -0.05) is 19.1 Å².